The molecule has 1 atom stereocenters. The molecule has 90 valence electrons. The highest BCUT2D eigenvalue weighted by atomic mass is 16.5. The van der Waals surface area contributed by atoms with Gasteiger partial charge in [-0.2, -0.15) is 5.10 Å². The second-order valence-electron chi connectivity index (χ2n) is 4.31. The predicted octanol–water partition coefficient (Wildman–Crippen LogP) is 1.56. The Morgan fingerprint density at radius 1 is 1.62 bits per heavy atom. The molecule has 1 aliphatic heterocycles. The first-order valence-corrected chi connectivity index (χ1v) is 6.23. The van der Waals surface area contributed by atoms with Gasteiger partial charge in [-0.15, -0.1) is 0 Å². The number of aromatic nitrogens is 2. The van der Waals surface area contributed by atoms with Crippen LogP contribution in [0, 0.1) is 0 Å². The summed E-state index contributed by atoms with van der Waals surface area (Å²) in [4.78, 5) is 0. The molecule has 4 heteroatoms. The molecule has 0 saturated carbocycles. The third-order valence-electron chi connectivity index (χ3n) is 2.94. The molecule has 1 aromatic rings. The summed E-state index contributed by atoms with van der Waals surface area (Å²) in [6.45, 7) is 5.95. The topological polar surface area (TPSA) is 39.1 Å². The zero-order valence-electron chi connectivity index (χ0n) is 9.98. The number of nitrogens with zero attached hydrogens (tertiary/aromatic N) is 2. The van der Waals surface area contributed by atoms with Crippen molar-refractivity contribution in [1.29, 1.82) is 0 Å². The predicted molar refractivity (Wildman–Crippen MR) is 63.2 cm³/mol. The van der Waals surface area contributed by atoms with Crippen molar-refractivity contribution >= 4 is 0 Å². The van der Waals surface area contributed by atoms with Crippen LogP contribution < -0.4 is 5.32 Å². The summed E-state index contributed by atoms with van der Waals surface area (Å²) in [5, 5.41) is 7.74. The Bertz CT molecular complexity index is 305. The maximum Gasteiger partial charge on any atom is 0.0700 e. The van der Waals surface area contributed by atoms with Gasteiger partial charge in [0.15, 0.2) is 0 Å². The Morgan fingerprint density at radius 2 is 2.56 bits per heavy atom. The van der Waals surface area contributed by atoms with Crippen LogP contribution in [-0.2, 0) is 17.8 Å². The standard InChI is InChI=1S/C12H21N3O/c1-2-7-15-11(5-6-14-15)9-13-10-12-4-3-8-16-12/h5-6,12-13H,2-4,7-10H2,1H3. The summed E-state index contributed by atoms with van der Waals surface area (Å²) in [5.41, 5.74) is 1.26. The lowest BCUT2D eigenvalue weighted by molar-refractivity contribution is 0.109. The van der Waals surface area contributed by atoms with Gasteiger partial charge in [0.25, 0.3) is 0 Å². The minimum Gasteiger partial charge on any atom is -0.377 e. The van der Waals surface area contributed by atoms with Gasteiger partial charge in [-0.25, -0.2) is 0 Å². The summed E-state index contributed by atoms with van der Waals surface area (Å²) >= 11 is 0. The first kappa shape index (κ1) is 11.6. The summed E-state index contributed by atoms with van der Waals surface area (Å²) < 4.78 is 7.64. The first-order chi connectivity index (χ1) is 7.90. The third kappa shape index (κ3) is 3.06. The van der Waals surface area contributed by atoms with Crippen LogP contribution in [0.5, 0.6) is 0 Å². The van der Waals surface area contributed by atoms with E-state index in [0.29, 0.717) is 6.10 Å². The molecule has 2 rings (SSSR count). The minimum atomic E-state index is 0.419. The summed E-state index contributed by atoms with van der Waals surface area (Å²) in [6, 6.07) is 2.08. The highest BCUT2D eigenvalue weighted by molar-refractivity contribution is 5.00. The van der Waals surface area contributed by atoms with Crippen LogP contribution in [0.3, 0.4) is 0 Å². The van der Waals surface area contributed by atoms with E-state index >= 15 is 0 Å². The van der Waals surface area contributed by atoms with E-state index in [-0.39, 0.29) is 0 Å². The molecule has 0 aromatic carbocycles. The monoisotopic (exact) mass is 223 g/mol. The fourth-order valence-electron chi connectivity index (χ4n) is 2.09. The molecule has 4 nitrogen and oxygen atoms in total. The molecule has 0 aliphatic carbocycles. The Kier molecular flexibility index (Phi) is 4.36. The van der Waals surface area contributed by atoms with E-state index in [9.17, 15) is 0 Å². The van der Waals surface area contributed by atoms with Crippen LogP contribution in [0.1, 0.15) is 31.9 Å². The Morgan fingerprint density at radius 3 is 3.31 bits per heavy atom. The van der Waals surface area contributed by atoms with Crippen LogP contribution in [-0.4, -0.2) is 29.0 Å². The highest BCUT2D eigenvalue weighted by Gasteiger charge is 2.14. The van der Waals surface area contributed by atoms with E-state index in [0.717, 1.165) is 32.7 Å². The number of hydrogen-bond donors (Lipinski definition) is 1. The van der Waals surface area contributed by atoms with E-state index in [4.69, 9.17) is 4.74 Å². The number of nitrogens with one attached hydrogen (secondary N) is 1. The summed E-state index contributed by atoms with van der Waals surface area (Å²) in [5.74, 6) is 0. The first-order valence-electron chi connectivity index (χ1n) is 6.23. The molecule has 1 aromatic heterocycles. The average Bonchev–Trinajstić information content (AvgIpc) is 2.91. The van der Waals surface area contributed by atoms with E-state index in [1.54, 1.807) is 0 Å². The minimum absolute atomic E-state index is 0.419. The summed E-state index contributed by atoms with van der Waals surface area (Å²) in [7, 11) is 0. The van der Waals surface area contributed by atoms with Gasteiger partial charge in [0.05, 0.1) is 11.8 Å². The van der Waals surface area contributed by atoms with Gasteiger partial charge in [-0.3, -0.25) is 4.68 Å². The molecule has 0 bridgehead atoms. The Hall–Kier alpha value is -0.870. The number of aryl methyl sites for hydroxylation is 1. The molecule has 0 spiro atoms. The van der Waals surface area contributed by atoms with Crippen LogP contribution in [0.4, 0.5) is 0 Å². The van der Waals surface area contributed by atoms with Crippen molar-refractivity contribution in [3.8, 4) is 0 Å². The van der Waals surface area contributed by atoms with E-state index < -0.39 is 0 Å². The third-order valence-corrected chi connectivity index (χ3v) is 2.94. The molecule has 16 heavy (non-hydrogen) atoms. The van der Waals surface area contributed by atoms with Gasteiger partial charge < -0.3 is 10.1 Å². The van der Waals surface area contributed by atoms with Crippen molar-refractivity contribution < 1.29 is 4.74 Å². The quantitative estimate of drug-likeness (QED) is 0.795. The lowest BCUT2D eigenvalue weighted by Gasteiger charge is -2.11. The molecule has 0 radical (unpaired) electrons. The Labute approximate surface area is 97.0 Å². The molecule has 1 unspecified atom stereocenters. The molecular weight excluding hydrogens is 202 g/mol. The second-order valence-corrected chi connectivity index (χ2v) is 4.31. The van der Waals surface area contributed by atoms with Crippen molar-refractivity contribution in [1.82, 2.24) is 15.1 Å². The molecular formula is C12H21N3O. The van der Waals surface area contributed by atoms with E-state index in [2.05, 4.69) is 28.1 Å². The zero-order chi connectivity index (χ0) is 11.2. The van der Waals surface area contributed by atoms with Crippen LogP contribution in [0.15, 0.2) is 12.3 Å². The van der Waals surface area contributed by atoms with Gasteiger partial charge in [-0.1, -0.05) is 6.92 Å². The number of rotatable bonds is 6. The smallest absolute Gasteiger partial charge is 0.0700 e. The molecule has 1 fully saturated rings. The van der Waals surface area contributed by atoms with Gasteiger partial charge in [0.1, 0.15) is 0 Å². The van der Waals surface area contributed by atoms with Gasteiger partial charge in [0, 0.05) is 32.4 Å². The maximum atomic E-state index is 5.57. The normalized spacial score (nSPS) is 20.4. The fraction of sp³-hybridized carbons (Fsp3) is 0.750. The Balaban J connectivity index is 1.73. The highest BCUT2D eigenvalue weighted by Crippen LogP contribution is 2.10. The van der Waals surface area contributed by atoms with Crippen LogP contribution >= 0.6 is 0 Å². The van der Waals surface area contributed by atoms with Gasteiger partial charge >= 0.3 is 0 Å². The number of hydrogen-bond acceptors (Lipinski definition) is 3. The lowest BCUT2D eigenvalue weighted by Crippen LogP contribution is -2.26. The lowest BCUT2D eigenvalue weighted by atomic mass is 10.2. The van der Waals surface area contributed by atoms with E-state index in [1.165, 1.54) is 18.5 Å². The average molecular weight is 223 g/mol. The SMILES string of the molecule is CCCn1nccc1CNCC1CCCO1. The molecule has 1 aliphatic rings. The van der Waals surface area contributed by atoms with Crippen molar-refractivity contribution in [2.45, 2.75) is 45.4 Å². The largest absolute Gasteiger partial charge is 0.377 e. The van der Waals surface area contributed by atoms with Crippen molar-refractivity contribution in [3.05, 3.63) is 18.0 Å². The molecule has 2 heterocycles. The van der Waals surface area contributed by atoms with Crippen molar-refractivity contribution in [2.75, 3.05) is 13.2 Å². The van der Waals surface area contributed by atoms with Gasteiger partial charge in [0.2, 0.25) is 0 Å². The molecule has 1 N–H and O–H groups in total. The fourth-order valence-corrected chi connectivity index (χ4v) is 2.09. The van der Waals surface area contributed by atoms with Crippen LogP contribution in [0.25, 0.3) is 0 Å². The molecule has 0 amide bonds. The van der Waals surface area contributed by atoms with Crippen LogP contribution in [0.2, 0.25) is 0 Å². The molecule has 1 saturated heterocycles. The van der Waals surface area contributed by atoms with Gasteiger partial charge in [-0.05, 0) is 25.3 Å². The number of ether oxygens (including phenoxy) is 1. The summed E-state index contributed by atoms with van der Waals surface area (Å²) in [6.07, 6.45) is 5.82. The van der Waals surface area contributed by atoms with Crippen molar-refractivity contribution in [2.24, 2.45) is 0 Å². The van der Waals surface area contributed by atoms with Crippen molar-refractivity contribution in [3.63, 3.8) is 0 Å². The van der Waals surface area contributed by atoms with E-state index in [1.807, 2.05) is 6.20 Å². The second kappa shape index (κ2) is 6.01. The maximum absolute atomic E-state index is 5.57. The zero-order valence-corrected chi connectivity index (χ0v) is 9.98.